The normalized spacial score (nSPS) is 15.5. The highest BCUT2D eigenvalue weighted by Gasteiger charge is 2.29. The zero-order valence-electron chi connectivity index (χ0n) is 17.2. The van der Waals surface area contributed by atoms with Crippen molar-refractivity contribution in [2.24, 2.45) is 5.92 Å². The average Bonchev–Trinajstić information content (AvgIpc) is 2.63. The number of hydrogen-bond donors (Lipinski definition) is 2. The number of benzene rings is 1. The van der Waals surface area contributed by atoms with Crippen molar-refractivity contribution in [2.45, 2.75) is 52.9 Å². The molecule has 1 heterocycles. The maximum Gasteiger partial charge on any atom is 0.319 e. The number of piperidine rings is 1. The Hall–Kier alpha value is -2.24. The molecule has 3 amide bonds. The summed E-state index contributed by atoms with van der Waals surface area (Å²) in [4.78, 5) is 28.7. The minimum absolute atomic E-state index is 0.0504. The topological polar surface area (TPSA) is 72.9 Å². The first-order valence-corrected chi connectivity index (χ1v) is 9.85. The Labute approximate surface area is 162 Å². The fraction of sp³-hybridized carbons (Fsp3) is 0.619. The average molecular weight is 376 g/mol. The summed E-state index contributed by atoms with van der Waals surface area (Å²) in [6, 6.07) is 5.39. The number of hydrogen-bond acceptors (Lipinski definition) is 3. The van der Waals surface area contributed by atoms with Crippen molar-refractivity contribution in [2.75, 3.05) is 31.5 Å². The van der Waals surface area contributed by atoms with E-state index >= 15 is 0 Å². The van der Waals surface area contributed by atoms with Gasteiger partial charge in [-0.3, -0.25) is 4.79 Å². The molecule has 0 spiro atoms. The molecule has 0 aliphatic carbocycles. The lowest BCUT2D eigenvalue weighted by Crippen LogP contribution is -2.47. The third-order valence-electron chi connectivity index (χ3n) is 5.29. The molecule has 1 aliphatic rings. The van der Waals surface area contributed by atoms with Crippen molar-refractivity contribution in [1.29, 1.82) is 0 Å². The van der Waals surface area contributed by atoms with Crippen LogP contribution in [0.5, 0.6) is 5.75 Å². The molecule has 0 radical (unpaired) electrons. The van der Waals surface area contributed by atoms with Crippen LogP contribution in [0.1, 0.15) is 53.0 Å². The van der Waals surface area contributed by atoms with Gasteiger partial charge in [0.2, 0.25) is 5.91 Å². The summed E-state index contributed by atoms with van der Waals surface area (Å²) in [6.45, 7) is 12.8. The number of rotatable bonds is 4. The van der Waals surface area contributed by atoms with E-state index < -0.39 is 0 Å². The number of carbonyl (C=O) groups is 2. The van der Waals surface area contributed by atoms with E-state index in [1.807, 2.05) is 30.9 Å². The Morgan fingerprint density at radius 3 is 2.30 bits per heavy atom. The van der Waals surface area contributed by atoms with E-state index in [-0.39, 0.29) is 29.0 Å². The molecule has 1 saturated heterocycles. The molecule has 2 N–H and O–H groups in total. The molecule has 0 saturated carbocycles. The molecular formula is C21H33N3O3. The molecule has 0 bridgehead atoms. The molecule has 150 valence electrons. The van der Waals surface area contributed by atoms with Crippen molar-refractivity contribution in [3.63, 3.8) is 0 Å². The van der Waals surface area contributed by atoms with Gasteiger partial charge in [0.25, 0.3) is 0 Å². The van der Waals surface area contributed by atoms with Gasteiger partial charge in [-0.25, -0.2) is 4.79 Å². The van der Waals surface area contributed by atoms with Gasteiger partial charge in [-0.1, -0.05) is 26.8 Å². The summed E-state index contributed by atoms with van der Waals surface area (Å²) in [6.07, 6.45) is 1.27. The van der Waals surface area contributed by atoms with Crippen LogP contribution in [-0.4, -0.2) is 53.0 Å². The number of amides is 3. The van der Waals surface area contributed by atoms with Crippen molar-refractivity contribution >= 4 is 17.6 Å². The molecule has 0 unspecified atom stereocenters. The van der Waals surface area contributed by atoms with Crippen LogP contribution in [0.2, 0.25) is 0 Å². The second-order valence-electron chi connectivity index (χ2n) is 8.19. The van der Waals surface area contributed by atoms with Crippen molar-refractivity contribution < 1.29 is 14.7 Å². The third kappa shape index (κ3) is 5.15. The number of phenols is 1. The van der Waals surface area contributed by atoms with Gasteiger partial charge in [0.05, 0.1) is 5.69 Å². The first kappa shape index (κ1) is 21.1. The molecule has 0 atom stereocenters. The summed E-state index contributed by atoms with van der Waals surface area (Å²) in [5, 5.41) is 13.0. The van der Waals surface area contributed by atoms with Gasteiger partial charge in [-0.15, -0.1) is 0 Å². The number of nitrogens with one attached hydrogen (secondary N) is 1. The molecule has 1 aromatic carbocycles. The molecule has 2 rings (SSSR count). The lowest BCUT2D eigenvalue weighted by molar-refractivity contribution is -0.121. The number of carbonyl (C=O) groups excluding carboxylic acids is 2. The van der Waals surface area contributed by atoms with Gasteiger partial charge < -0.3 is 20.2 Å². The van der Waals surface area contributed by atoms with E-state index in [2.05, 4.69) is 26.1 Å². The van der Waals surface area contributed by atoms with Crippen LogP contribution in [0.15, 0.2) is 18.2 Å². The Kier molecular flexibility index (Phi) is 6.73. The van der Waals surface area contributed by atoms with Gasteiger partial charge in [-0.05, 0) is 49.8 Å². The predicted octanol–water partition coefficient (Wildman–Crippen LogP) is 3.80. The highest BCUT2D eigenvalue weighted by atomic mass is 16.3. The second kappa shape index (κ2) is 8.63. The molecule has 1 fully saturated rings. The molecule has 6 nitrogen and oxygen atoms in total. The van der Waals surface area contributed by atoms with E-state index in [1.54, 1.807) is 11.0 Å². The molecular weight excluding hydrogens is 342 g/mol. The van der Waals surface area contributed by atoms with Crippen LogP contribution < -0.4 is 5.32 Å². The largest absolute Gasteiger partial charge is 0.506 e. The van der Waals surface area contributed by atoms with Crippen molar-refractivity contribution in [3.05, 3.63) is 23.8 Å². The highest BCUT2D eigenvalue weighted by Crippen LogP contribution is 2.31. The minimum Gasteiger partial charge on any atom is -0.506 e. The van der Waals surface area contributed by atoms with Gasteiger partial charge >= 0.3 is 6.03 Å². The van der Waals surface area contributed by atoms with Crippen LogP contribution in [-0.2, 0) is 10.2 Å². The number of nitrogens with zero attached hydrogens (tertiary/aromatic N) is 2. The quantitative estimate of drug-likeness (QED) is 0.786. The lowest BCUT2D eigenvalue weighted by Gasteiger charge is -2.34. The van der Waals surface area contributed by atoms with Crippen LogP contribution in [0, 0.1) is 5.92 Å². The third-order valence-corrected chi connectivity index (χ3v) is 5.29. The smallest absolute Gasteiger partial charge is 0.319 e. The van der Waals surface area contributed by atoms with Gasteiger partial charge in [0, 0.05) is 32.1 Å². The Bertz CT molecular complexity index is 670. The highest BCUT2D eigenvalue weighted by molar-refractivity contribution is 5.94. The van der Waals surface area contributed by atoms with Crippen LogP contribution in [0.3, 0.4) is 0 Å². The zero-order valence-corrected chi connectivity index (χ0v) is 17.2. The van der Waals surface area contributed by atoms with E-state index in [9.17, 15) is 14.7 Å². The number of anilines is 1. The Morgan fingerprint density at radius 1 is 1.19 bits per heavy atom. The maximum atomic E-state index is 12.7. The zero-order chi connectivity index (χ0) is 20.2. The molecule has 1 aromatic rings. The lowest BCUT2D eigenvalue weighted by atomic mass is 9.86. The fourth-order valence-corrected chi connectivity index (χ4v) is 3.36. The summed E-state index contributed by atoms with van der Waals surface area (Å²) in [5.41, 5.74) is 1.44. The predicted molar refractivity (Wildman–Crippen MR) is 108 cm³/mol. The number of aromatic hydroxyl groups is 1. The minimum atomic E-state index is -0.150. The van der Waals surface area contributed by atoms with E-state index in [0.717, 1.165) is 5.56 Å². The fourth-order valence-electron chi connectivity index (χ4n) is 3.36. The summed E-state index contributed by atoms with van der Waals surface area (Å²) >= 11 is 0. The van der Waals surface area contributed by atoms with E-state index in [1.165, 1.54) is 0 Å². The van der Waals surface area contributed by atoms with E-state index in [0.29, 0.717) is 44.7 Å². The maximum absolute atomic E-state index is 12.7. The number of likely N-dealkylation sites (tertiary alicyclic amines) is 1. The first-order chi connectivity index (χ1) is 12.7. The van der Waals surface area contributed by atoms with Gasteiger partial charge in [0.1, 0.15) is 5.75 Å². The Morgan fingerprint density at radius 2 is 1.78 bits per heavy atom. The number of urea groups is 1. The Balaban J connectivity index is 1.98. The summed E-state index contributed by atoms with van der Waals surface area (Å²) in [5.74, 6) is -0.166. The second-order valence-corrected chi connectivity index (χ2v) is 8.19. The molecule has 0 aromatic heterocycles. The van der Waals surface area contributed by atoms with Crippen molar-refractivity contribution in [3.8, 4) is 5.75 Å². The molecule has 6 heteroatoms. The van der Waals surface area contributed by atoms with Crippen LogP contribution in [0.4, 0.5) is 10.5 Å². The number of phenolic OH excluding ortho intramolecular Hbond substituents is 1. The van der Waals surface area contributed by atoms with Crippen molar-refractivity contribution in [1.82, 2.24) is 9.80 Å². The molecule has 27 heavy (non-hydrogen) atoms. The van der Waals surface area contributed by atoms with E-state index in [4.69, 9.17) is 0 Å². The monoisotopic (exact) mass is 375 g/mol. The summed E-state index contributed by atoms with van der Waals surface area (Å²) in [7, 11) is 0. The van der Waals surface area contributed by atoms with Gasteiger partial charge in [0.15, 0.2) is 0 Å². The van der Waals surface area contributed by atoms with Crippen LogP contribution >= 0.6 is 0 Å². The summed E-state index contributed by atoms with van der Waals surface area (Å²) < 4.78 is 0. The van der Waals surface area contributed by atoms with Gasteiger partial charge in [-0.2, -0.15) is 0 Å². The van der Waals surface area contributed by atoms with Crippen LogP contribution in [0.25, 0.3) is 0 Å². The first-order valence-electron chi connectivity index (χ1n) is 9.85. The standard InChI is InChI=1S/C21H33N3O3/c1-6-23(7-2)20(27)24-12-10-15(11-13-24)19(26)22-17-14-16(21(3,4)5)8-9-18(17)25/h8-9,14-15,25H,6-7,10-13H2,1-5H3,(H,22,26). The molecule has 1 aliphatic heterocycles. The SMILES string of the molecule is CCN(CC)C(=O)N1CCC(C(=O)Nc2cc(C(C)(C)C)ccc2O)CC1.